The molecule has 4 rings (SSSR count). The first kappa shape index (κ1) is 16.9. The second kappa shape index (κ2) is 7.00. The van der Waals surface area contributed by atoms with Crippen molar-refractivity contribution in [2.45, 2.75) is 12.5 Å². The van der Waals surface area contributed by atoms with Crippen LogP contribution in [-0.2, 0) is 11.2 Å². The minimum Gasteiger partial charge on any atom is -0.493 e. The van der Waals surface area contributed by atoms with Crippen LogP contribution in [-0.4, -0.2) is 44.8 Å². The molecular weight excluding hydrogens is 330 g/mol. The summed E-state index contributed by atoms with van der Waals surface area (Å²) in [7, 11) is 3.32. The number of hydrogen-bond acceptors (Lipinski definition) is 5. The zero-order chi connectivity index (χ0) is 18.1. The number of nitrogens with zero attached hydrogens (tertiary/aromatic N) is 1. The zero-order valence-corrected chi connectivity index (χ0v) is 15.1. The van der Waals surface area contributed by atoms with Crippen LogP contribution in [0, 0.1) is 5.92 Å². The molecule has 26 heavy (non-hydrogen) atoms. The summed E-state index contributed by atoms with van der Waals surface area (Å²) in [6, 6.07) is 13.6. The molecule has 0 N–H and O–H groups in total. The summed E-state index contributed by atoms with van der Waals surface area (Å²) in [5, 5.41) is 0. The Morgan fingerprint density at radius 2 is 1.85 bits per heavy atom. The molecule has 136 valence electrons. The molecule has 2 aliphatic heterocycles. The molecule has 2 atom stereocenters. The number of carbonyl (C=O) groups is 1. The smallest absolute Gasteiger partial charge is 0.338 e. The third-order valence-electron chi connectivity index (χ3n) is 5.38. The maximum absolute atomic E-state index is 12.2. The lowest BCUT2D eigenvalue weighted by molar-refractivity contribution is -0.0357. The van der Waals surface area contributed by atoms with E-state index in [-0.39, 0.29) is 12.0 Å². The maximum atomic E-state index is 12.2. The van der Waals surface area contributed by atoms with Gasteiger partial charge in [0.2, 0.25) is 0 Å². The number of esters is 1. The van der Waals surface area contributed by atoms with Crippen LogP contribution >= 0.6 is 0 Å². The van der Waals surface area contributed by atoms with Crippen LogP contribution in [0.2, 0.25) is 0 Å². The van der Waals surface area contributed by atoms with Crippen LogP contribution < -0.4 is 9.47 Å². The number of fused-ring (bicyclic) bond motifs is 3. The molecule has 0 bridgehead atoms. The van der Waals surface area contributed by atoms with Crippen molar-refractivity contribution in [1.29, 1.82) is 0 Å². The van der Waals surface area contributed by atoms with Gasteiger partial charge in [-0.2, -0.15) is 0 Å². The van der Waals surface area contributed by atoms with E-state index in [4.69, 9.17) is 14.2 Å². The van der Waals surface area contributed by atoms with Crippen LogP contribution in [0.25, 0.3) is 0 Å². The summed E-state index contributed by atoms with van der Waals surface area (Å²) in [5.74, 6) is 1.57. The van der Waals surface area contributed by atoms with Gasteiger partial charge in [0.15, 0.2) is 11.5 Å². The number of carbonyl (C=O) groups excluding carboxylic acids is 1. The van der Waals surface area contributed by atoms with E-state index in [0.717, 1.165) is 31.0 Å². The summed E-state index contributed by atoms with van der Waals surface area (Å²) < 4.78 is 16.5. The van der Waals surface area contributed by atoms with Crippen molar-refractivity contribution in [2.75, 3.05) is 33.9 Å². The molecule has 0 saturated carbocycles. The van der Waals surface area contributed by atoms with Crippen molar-refractivity contribution >= 4 is 5.97 Å². The largest absolute Gasteiger partial charge is 0.493 e. The third kappa shape index (κ3) is 2.92. The fourth-order valence-electron chi connectivity index (χ4n) is 4.03. The lowest BCUT2D eigenvalue weighted by Crippen LogP contribution is -2.54. The van der Waals surface area contributed by atoms with E-state index >= 15 is 0 Å². The zero-order valence-electron chi connectivity index (χ0n) is 15.1. The van der Waals surface area contributed by atoms with E-state index in [1.165, 1.54) is 11.1 Å². The lowest BCUT2D eigenvalue weighted by Gasteiger charge is -2.51. The molecular formula is C21H23NO4. The number of rotatable bonds is 5. The first-order chi connectivity index (χ1) is 12.7. The molecule has 2 aromatic carbocycles. The molecule has 5 nitrogen and oxygen atoms in total. The molecule has 0 spiro atoms. The van der Waals surface area contributed by atoms with Crippen molar-refractivity contribution in [3.05, 3.63) is 59.2 Å². The minimum absolute atomic E-state index is 0.257. The highest BCUT2D eigenvalue weighted by atomic mass is 16.5. The maximum Gasteiger partial charge on any atom is 0.338 e. The van der Waals surface area contributed by atoms with E-state index in [1.807, 2.05) is 18.2 Å². The van der Waals surface area contributed by atoms with Gasteiger partial charge in [0.25, 0.3) is 0 Å². The van der Waals surface area contributed by atoms with Crippen LogP contribution in [0.1, 0.15) is 27.5 Å². The summed E-state index contributed by atoms with van der Waals surface area (Å²) in [4.78, 5) is 14.6. The first-order valence-corrected chi connectivity index (χ1v) is 8.92. The second-order valence-electron chi connectivity index (χ2n) is 6.82. The Labute approximate surface area is 153 Å². The van der Waals surface area contributed by atoms with Crippen molar-refractivity contribution in [3.63, 3.8) is 0 Å². The molecule has 0 amide bonds. The Bertz CT molecular complexity index is 805. The van der Waals surface area contributed by atoms with Crippen LogP contribution in [0.15, 0.2) is 42.5 Å². The summed E-state index contributed by atoms with van der Waals surface area (Å²) in [6.45, 7) is 2.42. The molecule has 1 saturated heterocycles. The highest BCUT2D eigenvalue weighted by Crippen LogP contribution is 2.46. The van der Waals surface area contributed by atoms with Gasteiger partial charge in [-0.05, 0) is 41.8 Å². The van der Waals surface area contributed by atoms with Crippen molar-refractivity contribution in [2.24, 2.45) is 5.92 Å². The molecule has 0 unspecified atom stereocenters. The average molecular weight is 353 g/mol. The molecule has 0 radical (unpaired) electrons. The van der Waals surface area contributed by atoms with Gasteiger partial charge in [0, 0.05) is 25.0 Å². The molecule has 2 aromatic rings. The summed E-state index contributed by atoms with van der Waals surface area (Å²) >= 11 is 0. The Kier molecular flexibility index (Phi) is 4.55. The third-order valence-corrected chi connectivity index (χ3v) is 5.38. The minimum atomic E-state index is -0.257. The van der Waals surface area contributed by atoms with Gasteiger partial charge in [-0.25, -0.2) is 4.79 Å². The average Bonchev–Trinajstić information content (AvgIpc) is 2.67. The Hall–Kier alpha value is -2.53. The van der Waals surface area contributed by atoms with Crippen LogP contribution in [0.5, 0.6) is 11.5 Å². The van der Waals surface area contributed by atoms with Crippen molar-refractivity contribution < 1.29 is 19.0 Å². The normalized spacial score (nSPS) is 21.2. The van der Waals surface area contributed by atoms with Crippen molar-refractivity contribution in [3.8, 4) is 11.5 Å². The highest BCUT2D eigenvalue weighted by Gasteiger charge is 2.44. The monoisotopic (exact) mass is 353 g/mol. The molecule has 5 heteroatoms. The standard InChI is InChI=1S/C21H23NO4/c1-24-18-10-15-8-9-22-12-16(20(22)17(15)11-19(18)25-2)13-26-21(23)14-6-4-3-5-7-14/h3-7,10-11,16,20H,8-9,12-13H2,1-2H3/t16-,20+/m0/s1. The fraction of sp³-hybridized carbons (Fsp3) is 0.381. The number of ether oxygens (including phenoxy) is 3. The Morgan fingerprint density at radius 1 is 1.12 bits per heavy atom. The quantitative estimate of drug-likeness (QED) is 0.773. The van der Waals surface area contributed by atoms with Gasteiger partial charge >= 0.3 is 5.97 Å². The van der Waals surface area contributed by atoms with E-state index in [9.17, 15) is 4.79 Å². The van der Waals surface area contributed by atoms with Gasteiger partial charge in [0.05, 0.1) is 26.4 Å². The number of hydrogen-bond donors (Lipinski definition) is 0. The predicted octanol–water partition coefficient (Wildman–Crippen LogP) is 3.09. The molecule has 0 aromatic heterocycles. The Balaban J connectivity index is 1.49. The molecule has 2 aliphatic rings. The topological polar surface area (TPSA) is 48.0 Å². The van der Waals surface area contributed by atoms with Gasteiger partial charge in [-0.1, -0.05) is 18.2 Å². The van der Waals surface area contributed by atoms with Gasteiger partial charge in [-0.3, -0.25) is 4.90 Å². The van der Waals surface area contributed by atoms with E-state index in [1.54, 1.807) is 26.4 Å². The molecule has 1 fully saturated rings. The van der Waals surface area contributed by atoms with Crippen LogP contribution in [0.3, 0.4) is 0 Å². The SMILES string of the molecule is COc1cc2c(cc1OC)[C@H]1[C@H](COC(=O)c3ccccc3)CN1CC2. The highest BCUT2D eigenvalue weighted by molar-refractivity contribution is 5.89. The van der Waals surface area contributed by atoms with E-state index < -0.39 is 0 Å². The summed E-state index contributed by atoms with van der Waals surface area (Å²) in [6.07, 6.45) is 1.00. The fourth-order valence-corrected chi connectivity index (χ4v) is 4.03. The van der Waals surface area contributed by atoms with Gasteiger partial charge in [-0.15, -0.1) is 0 Å². The van der Waals surface area contributed by atoms with Gasteiger partial charge in [0.1, 0.15) is 0 Å². The number of benzene rings is 2. The Morgan fingerprint density at radius 3 is 2.58 bits per heavy atom. The summed E-state index contributed by atoms with van der Waals surface area (Å²) in [5.41, 5.74) is 3.16. The molecule has 0 aliphatic carbocycles. The second-order valence-corrected chi connectivity index (χ2v) is 6.82. The lowest BCUT2D eigenvalue weighted by atomic mass is 9.78. The van der Waals surface area contributed by atoms with Crippen molar-refractivity contribution in [1.82, 2.24) is 4.90 Å². The van der Waals surface area contributed by atoms with E-state index in [2.05, 4.69) is 17.0 Å². The van der Waals surface area contributed by atoms with Gasteiger partial charge < -0.3 is 14.2 Å². The van der Waals surface area contributed by atoms with Crippen LogP contribution in [0.4, 0.5) is 0 Å². The molecule has 2 heterocycles. The predicted molar refractivity (Wildman–Crippen MR) is 97.8 cm³/mol. The first-order valence-electron chi connectivity index (χ1n) is 8.92. The number of methoxy groups -OCH3 is 2. The van der Waals surface area contributed by atoms with E-state index in [0.29, 0.717) is 18.1 Å².